The van der Waals surface area contributed by atoms with Crippen LogP contribution in [0, 0.1) is 11.6 Å². The molecule has 19 heavy (non-hydrogen) atoms. The fourth-order valence-electron chi connectivity index (χ4n) is 2.11. The number of nitrogens with one attached hydrogen (secondary N) is 2. The molecule has 4 nitrogen and oxygen atoms in total. The highest BCUT2D eigenvalue weighted by molar-refractivity contribution is 5.90. The van der Waals surface area contributed by atoms with E-state index in [1.807, 2.05) is 0 Å². The Morgan fingerprint density at radius 3 is 2.63 bits per heavy atom. The molecule has 0 radical (unpaired) electrons. The molecule has 1 fully saturated rings. The van der Waals surface area contributed by atoms with Crippen LogP contribution in [0.2, 0.25) is 0 Å². The van der Waals surface area contributed by atoms with Crippen molar-refractivity contribution in [3.63, 3.8) is 0 Å². The zero-order chi connectivity index (χ0) is 13.8. The Hall–Kier alpha value is -1.69. The molecule has 1 aliphatic heterocycles. The van der Waals surface area contributed by atoms with Gasteiger partial charge in [-0.05, 0) is 38.1 Å². The van der Waals surface area contributed by atoms with Crippen LogP contribution in [0.1, 0.15) is 23.2 Å². The summed E-state index contributed by atoms with van der Waals surface area (Å²) in [7, 11) is 1.13. The Kier molecular flexibility index (Phi) is 4.31. The lowest BCUT2D eigenvalue weighted by molar-refractivity contribution is 0.0594. The van der Waals surface area contributed by atoms with Crippen molar-refractivity contribution in [2.45, 2.75) is 18.9 Å². The minimum Gasteiger partial charge on any atom is -0.465 e. The third kappa shape index (κ3) is 3.01. The maximum Gasteiger partial charge on any atom is 0.340 e. The van der Waals surface area contributed by atoms with E-state index in [9.17, 15) is 13.6 Å². The summed E-state index contributed by atoms with van der Waals surface area (Å²) in [5.41, 5.74) is -0.312. The van der Waals surface area contributed by atoms with Gasteiger partial charge >= 0.3 is 5.97 Å². The van der Waals surface area contributed by atoms with Crippen LogP contribution in [-0.2, 0) is 4.74 Å². The average molecular weight is 270 g/mol. The number of carbonyl (C=O) groups is 1. The molecule has 1 saturated heterocycles. The maximum atomic E-state index is 13.9. The van der Waals surface area contributed by atoms with E-state index in [4.69, 9.17) is 0 Å². The number of piperidine rings is 1. The monoisotopic (exact) mass is 270 g/mol. The lowest BCUT2D eigenvalue weighted by Crippen LogP contribution is -2.35. The third-order valence-electron chi connectivity index (χ3n) is 3.19. The molecule has 1 aliphatic rings. The molecule has 0 bridgehead atoms. The Labute approximate surface area is 110 Å². The molecule has 0 spiro atoms. The van der Waals surface area contributed by atoms with E-state index in [1.165, 1.54) is 12.1 Å². The number of halogens is 2. The van der Waals surface area contributed by atoms with Crippen LogP contribution in [-0.4, -0.2) is 32.2 Å². The molecule has 1 aromatic rings. The predicted molar refractivity (Wildman–Crippen MR) is 67.2 cm³/mol. The molecule has 0 aliphatic carbocycles. The third-order valence-corrected chi connectivity index (χ3v) is 3.19. The molecule has 0 amide bonds. The van der Waals surface area contributed by atoms with Crippen LogP contribution in [0.25, 0.3) is 0 Å². The van der Waals surface area contributed by atoms with E-state index in [1.54, 1.807) is 0 Å². The molecule has 0 aromatic heterocycles. The quantitative estimate of drug-likeness (QED) is 0.824. The lowest BCUT2D eigenvalue weighted by atomic mass is 10.1. The number of esters is 1. The van der Waals surface area contributed by atoms with Crippen molar-refractivity contribution in [2.75, 3.05) is 25.5 Å². The van der Waals surface area contributed by atoms with Crippen molar-refractivity contribution in [3.05, 3.63) is 29.3 Å². The summed E-state index contributed by atoms with van der Waals surface area (Å²) < 4.78 is 32.0. The molecular formula is C13H16F2N2O2. The van der Waals surface area contributed by atoms with Gasteiger partial charge in [-0.1, -0.05) is 0 Å². The normalized spacial score (nSPS) is 16.2. The maximum absolute atomic E-state index is 13.9. The van der Waals surface area contributed by atoms with Crippen molar-refractivity contribution >= 4 is 11.7 Å². The summed E-state index contributed by atoms with van der Waals surface area (Å²) in [6.45, 7) is 1.70. The second-order valence-electron chi connectivity index (χ2n) is 4.45. The number of hydrogen-bond donors (Lipinski definition) is 2. The summed E-state index contributed by atoms with van der Waals surface area (Å²) in [4.78, 5) is 11.2. The predicted octanol–water partition coefficient (Wildman–Crippen LogP) is 1.92. The molecule has 0 atom stereocenters. The zero-order valence-electron chi connectivity index (χ0n) is 10.6. The summed E-state index contributed by atoms with van der Waals surface area (Å²) in [6.07, 6.45) is 1.69. The minimum atomic E-state index is -1.18. The van der Waals surface area contributed by atoms with Gasteiger partial charge in [-0.2, -0.15) is 0 Å². The molecule has 0 unspecified atom stereocenters. The molecular weight excluding hydrogens is 254 g/mol. The SMILES string of the molecule is COC(=O)c1ccc(NC2CCNCC2)c(F)c1F. The molecule has 2 N–H and O–H groups in total. The lowest BCUT2D eigenvalue weighted by Gasteiger charge is -2.25. The highest BCUT2D eigenvalue weighted by Gasteiger charge is 2.21. The Bertz CT molecular complexity index is 474. The van der Waals surface area contributed by atoms with Gasteiger partial charge in [0.2, 0.25) is 0 Å². The van der Waals surface area contributed by atoms with Crippen LogP contribution < -0.4 is 10.6 Å². The fraction of sp³-hybridized carbons (Fsp3) is 0.462. The van der Waals surface area contributed by atoms with Crippen LogP contribution in [0.15, 0.2) is 12.1 Å². The number of hydrogen-bond acceptors (Lipinski definition) is 4. The van der Waals surface area contributed by atoms with Gasteiger partial charge in [0.1, 0.15) is 0 Å². The minimum absolute atomic E-state index is 0.0806. The van der Waals surface area contributed by atoms with Gasteiger partial charge in [0.05, 0.1) is 18.4 Å². The number of anilines is 1. The first-order valence-electron chi connectivity index (χ1n) is 6.17. The largest absolute Gasteiger partial charge is 0.465 e. The first-order valence-corrected chi connectivity index (χ1v) is 6.17. The highest BCUT2D eigenvalue weighted by Crippen LogP contribution is 2.23. The Morgan fingerprint density at radius 1 is 1.32 bits per heavy atom. The topological polar surface area (TPSA) is 50.4 Å². The van der Waals surface area contributed by atoms with E-state index < -0.39 is 23.2 Å². The first kappa shape index (κ1) is 13.7. The van der Waals surface area contributed by atoms with E-state index in [2.05, 4.69) is 15.4 Å². The number of carbonyl (C=O) groups excluding carboxylic acids is 1. The average Bonchev–Trinajstić information content (AvgIpc) is 2.44. The smallest absolute Gasteiger partial charge is 0.340 e. The second-order valence-corrected chi connectivity index (χ2v) is 4.45. The van der Waals surface area contributed by atoms with Crippen molar-refractivity contribution in [3.8, 4) is 0 Å². The second kappa shape index (κ2) is 5.97. The fourth-order valence-corrected chi connectivity index (χ4v) is 2.11. The molecule has 2 rings (SSSR count). The van der Waals surface area contributed by atoms with Crippen molar-refractivity contribution in [1.29, 1.82) is 0 Å². The van der Waals surface area contributed by atoms with Crippen LogP contribution in [0.4, 0.5) is 14.5 Å². The molecule has 104 valence electrons. The van der Waals surface area contributed by atoms with Gasteiger partial charge in [-0.15, -0.1) is 0 Å². The standard InChI is InChI=1S/C13H16F2N2O2/c1-19-13(18)9-2-3-10(12(15)11(9)14)17-8-4-6-16-7-5-8/h2-3,8,16-17H,4-7H2,1H3. The zero-order valence-corrected chi connectivity index (χ0v) is 10.6. The summed E-state index contributed by atoms with van der Waals surface area (Å²) in [5, 5.41) is 6.16. The van der Waals surface area contributed by atoms with Gasteiger partial charge in [0.25, 0.3) is 0 Å². The highest BCUT2D eigenvalue weighted by atomic mass is 19.2. The number of ether oxygens (including phenoxy) is 1. The van der Waals surface area contributed by atoms with Gasteiger partial charge in [0.15, 0.2) is 11.6 Å². The van der Waals surface area contributed by atoms with Crippen LogP contribution in [0.5, 0.6) is 0 Å². The van der Waals surface area contributed by atoms with Gasteiger partial charge < -0.3 is 15.4 Å². The van der Waals surface area contributed by atoms with E-state index in [-0.39, 0.29) is 11.7 Å². The summed E-state index contributed by atoms with van der Waals surface area (Å²) >= 11 is 0. The molecule has 0 saturated carbocycles. The summed E-state index contributed by atoms with van der Waals surface area (Å²) in [5.74, 6) is -3.10. The summed E-state index contributed by atoms with van der Waals surface area (Å²) in [6, 6.07) is 2.71. The molecule has 1 aromatic carbocycles. The van der Waals surface area contributed by atoms with E-state index in [0.29, 0.717) is 0 Å². The van der Waals surface area contributed by atoms with Gasteiger partial charge in [-0.3, -0.25) is 0 Å². The van der Waals surface area contributed by atoms with Crippen LogP contribution in [0.3, 0.4) is 0 Å². The van der Waals surface area contributed by atoms with Crippen molar-refractivity contribution < 1.29 is 18.3 Å². The molecule has 6 heteroatoms. The van der Waals surface area contributed by atoms with E-state index in [0.717, 1.165) is 33.0 Å². The van der Waals surface area contributed by atoms with E-state index >= 15 is 0 Å². The number of methoxy groups -OCH3 is 1. The number of benzene rings is 1. The van der Waals surface area contributed by atoms with Crippen molar-refractivity contribution in [1.82, 2.24) is 5.32 Å². The molecule has 1 heterocycles. The first-order chi connectivity index (χ1) is 9.13. The Balaban J connectivity index is 2.18. The van der Waals surface area contributed by atoms with Crippen molar-refractivity contribution in [2.24, 2.45) is 0 Å². The van der Waals surface area contributed by atoms with Crippen LogP contribution >= 0.6 is 0 Å². The van der Waals surface area contributed by atoms with Gasteiger partial charge in [-0.25, -0.2) is 13.6 Å². The Morgan fingerprint density at radius 2 is 2.00 bits per heavy atom. The van der Waals surface area contributed by atoms with Gasteiger partial charge in [0, 0.05) is 6.04 Å². The number of rotatable bonds is 3.